The second kappa shape index (κ2) is 3.61. The number of aromatic amines is 1. The molecule has 5 nitrogen and oxygen atoms in total. The fourth-order valence-electron chi connectivity index (χ4n) is 1.35. The van der Waals surface area contributed by atoms with Crippen molar-refractivity contribution in [2.75, 3.05) is 7.11 Å². The Morgan fingerprint density at radius 3 is 3.07 bits per heavy atom. The number of methoxy groups -OCH3 is 1. The van der Waals surface area contributed by atoms with Crippen LogP contribution in [-0.2, 0) is 16.0 Å². The standard InChI is InChI=1S/C10H9NO4/c1-14-9(12)5-6-2-3-8-7(4-6)10(13)11-15-8/h2-4H,5H2,1H3,(H,11,13). The minimum absolute atomic E-state index is 0.150. The lowest BCUT2D eigenvalue weighted by atomic mass is 10.1. The Kier molecular flexibility index (Phi) is 2.29. The summed E-state index contributed by atoms with van der Waals surface area (Å²) in [5.74, 6) is -0.339. The summed E-state index contributed by atoms with van der Waals surface area (Å²) in [4.78, 5) is 22.2. The fraction of sp³-hybridized carbons (Fsp3) is 0.200. The van der Waals surface area contributed by atoms with Crippen LogP contribution >= 0.6 is 0 Å². The first-order valence-corrected chi connectivity index (χ1v) is 4.37. The first-order chi connectivity index (χ1) is 7.20. The molecule has 15 heavy (non-hydrogen) atoms. The summed E-state index contributed by atoms with van der Waals surface area (Å²) in [7, 11) is 1.32. The Hall–Kier alpha value is -2.04. The molecule has 0 fully saturated rings. The van der Waals surface area contributed by atoms with Gasteiger partial charge in [0, 0.05) is 0 Å². The number of benzene rings is 1. The zero-order valence-corrected chi connectivity index (χ0v) is 8.07. The van der Waals surface area contributed by atoms with E-state index in [1.54, 1.807) is 18.2 Å². The smallest absolute Gasteiger partial charge is 0.309 e. The van der Waals surface area contributed by atoms with Crippen molar-refractivity contribution in [3.8, 4) is 0 Å². The molecule has 0 atom stereocenters. The predicted octanol–water partition coefficient (Wildman–Crippen LogP) is 0.837. The van der Waals surface area contributed by atoms with Gasteiger partial charge in [0.25, 0.3) is 5.56 Å². The molecule has 0 saturated heterocycles. The van der Waals surface area contributed by atoms with Crippen LogP contribution in [0.2, 0.25) is 0 Å². The second-order valence-corrected chi connectivity index (χ2v) is 3.12. The number of rotatable bonds is 2. The molecular formula is C10H9NO4. The monoisotopic (exact) mass is 207 g/mol. The van der Waals surface area contributed by atoms with E-state index in [9.17, 15) is 9.59 Å². The van der Waals surface area contributed by atoms with E-state index in [0.717, 1.165) is 5.56 Å². The highest BCUT2D eigenvalue weighted by Gasteiger charge is 2.07. The van der Waals surface area contributed by atoms with Gasteiger partial charge >= 0.3 is 5.97 Å². The number of aromatic nitrogens is 1. The Morgan fingerprint density at radius 2 is 2.33 bits per heavy atom. The van der Waals surface area contributed by atoms with Crippen LogP contribution < -0.4 is 5.56 Å². The average Bonchev–Trinajstić information content (AvgIpc) is 2.60. The average molecular weight is 207 g/mol. The number of nitrogens with one attached hydrogen (secondary N) is 1. The predicted molar refractivity (Wildman–Crippen MR) is 52.6 cm³/mol. The molecule has 1 aromatic heterocycles. The van der Waals surface area contributed by atoms with E-state index in [4.69, 9.17) is 4.52 Å². The van der Waals surface area contributed by atoms with Crippen molar-refractivity contribution in [1.82, 2.24) is 5.16 Å². The van der Waals surface area contributed by atoms with E-state index >= 15 is 0 Å². The maximum atomic E-state index is 11.2. The molecule has 0 radical (unpaired) electrons. The lowest BCUT2D eigenvalue weighted by Gasteiger charge is -1.98. The molecule has 1 aromatic carbocycles. The Labute approximate surface area is 84.6 Å². The molecule has 5 heteroatoms. The number of hydrogen-bond donors (Lipinski definition) is 1. The van der Waals surface area contributed by atoms with E-state index in [0.29, 0.717) is 11.0 Å². The van der Waals surface area contributed by atoms with Gasteiger partial charge in [-0.1, -0.05) is 6.07 Å². The van der Waals surface area contributed by atoms with Gasteiger partial charge in [0.15, 0.2) is 5.58 Å². The highest BCUT2D eigenvalue weighted by molar-refractivity contribution is 5.79. The van der Waals surface area contributed by atoms with E-state index in [2.05, 4.69) is 9.89 Å². The van der Waals surface area contributed by atoms with Gasteiger partial charge in [-0.2, -0.15) is 5.16 Å². The largest absolute Gasteiger partial charge is 0.469 e. The Morgan fingerprint density at radius 1 is 1.53 bits per heavy atom. The number of carbonyl (C=O) groups excluding carboxylic acids is 1. The maximum absolute atomic E-state index is 11.2. The van der Waals surface area contributed by atoms with Crippen molar-refractivity contribution in [3.63, 3.8) is 0 Å². The molecular weight excluding hydrogens is 198 g/mol. The van der Waals surface area contributed by atoms with Gasteiger partial charge in [-0.05, 0) is 17.7 Å². The quantitative estimate of drug-likeness (QED) is 0.740. The van der Waals surface area contributed by atoms with Crippen molar-refractivity contribution in [1.29, 1.82) is 0 Å². The third-order valence-electron chi connectivity index (χ3n) is 2.12. The van der Waals surface area contributed by atoms with Crippen LogP contribution in [0.1, 0.15) is 5.56 Å². The summed E-state index contributed by atoms with van der Waals surface area (Å²) in [6.07, 6.45) is 0.150. The number of ether oxygens (including phenoxy) is 1. The summed E-state index contributed by atoms with van der Waals surface area (Å²) in [5, 5.41) is 2.67. The third kappa shape index (κ3) is 1.76. The summed E-state index contributed by atoms with van der Waals surface area (Å²) < 4.78 is 9.41. The summed E-state index contributed by atoms with van der Waals surface area (Å²) in [5.41, 5.74) is 0.909. The van der Waals surface area contributed by atoms with Gasteiger partial charge in [0.2, 0.25) is 0 Å². The van der Waals surface area contributed by atoms with Crippen LogP contribution in [0, 0.1) is 0 Å². The highest BCUT2D eigenvalue weighted by atomic mass is 16.5. The minimum Gasteiger partial charge on any atom is -0.469 e. The van der Waals surface area contributed by atoms with Crippen LogP contribution in [0.15, 0.2) is 27.5 Å². The van der Waals surface area contributed by atoms with Crippen LogP contribution in [0.3, 0.4) is 0 Å². The van der Waals surface area contributed by atoms with Crippen molar-refractivity contribution in [2.24, 2.45) is 0 Å². The van der Waals surface area contributed by atoms with Crippen molar-refractivity contribution >= 4 is 16.9 Å². The van der Waals surface area contributed by atoms with Crippen LogP contribution in [0.25, 0.3) is 11.0 Å². The molecule has 0 aliphatic heterocycles. The van der Waals surface area contributed by atoms with Crippen LogP contribution in [-0.4, -0.2) is 18.2 Å². The zero-order valence-electron chi connectivity index (χ0n) is 8.07. The minimum atomic E-state index is -0.339. The van der Waals surface area contributed by atoms with Gasteiger partial charge in [0.1, 0.15) is 0 Å². The number of fused-ring (bicyclic) bond motifs is 1. The molecule has 0 unspecified atom stereocenters. The molecule has 0 aliphatic rings. The fourth-order valence-corrected chi connectivity index (χ4v) is 1.35. The Balaban J connectivity index is 2.41. The van der Waals surface area contributed by atoms with Crippen LogP contribution in [0.5, 0.6) is 0 Å². The van der Waals surface area contributed by atoms with Gasteiger partial charge in [-0.3, -0.25) is 9.59 Å². The molecule has 1 heterocycles. The molecule has 78 valence electrons. The summed E-state index contributed by atoms with van der Waals surface area (Å²) >= 11 is 0. The van der Waals surface area contributed by atoms with E-state index in [-0.39, 0.29) is 17.9 Å². The van der Waals surface area contributed by atoms with Gasteiger partial charge in [-0.15, -0.1) is 0 Å². The van der Waals surface area contributed by atoms with Crippen LogP contribution in [0.4, 0.5) is 0 Å². The normalized spacial score (nSPS) is 10.5. The highest BCUT2D eigenvalue weighted by Crippen LogP contribution is 2.12. The number of carbonyl (C=O) groups is 1. The van der Waals surface area contributed by atoms with Gasteiger partial charge in [0.05, 0.1) is 18.9 Å². The molecule has 0 amide bonds. The SMILES string of the molecule is COC(=O)Cc1ccc2o[nH]c(=O)c2c1. The van der Waals surface area contributed by atoms with Gasteiger partial charge < -0.3 is 9.26 Å². The molecule has 2 aromatic rings. The van der Waals surface area contributed by atoms with E-state index in [1.165, 1.54) is 7.11 Å². The maximum Gasteiger partial charge on any atom is 0.309 e. The number of esters is 1. The van der Waals surface area contributed by atoms with Crippen molar-refractivity contribution < 1.29 is 14.1 Å². The molecule has 0 aliphatic carbocycles. The lowest BCUT2D eigenvalue weighted by Crippen LogP contribution is -2.05. The zero-order chi connectivity index (χ0) is 10.8. The first-order valence-electron chi connectivity index (χ1n) is 4.37. The van der Waals surface area contributed by atoms with Crippen molar-refractivity contribution in [3.05, 3.63) is 34.1 Å². The van der Waals surface area contributed by atoms with E-state index < -0.39 is 0 Å². The second-order valence-electron chi connectivity index (χ2n) is 3.12. The Bertz CT molecular complexity index is 552. The molecule has 0 bridgehead atoms. The summed E-state index contributed by atoms with van der Waals surface area (Å²) in [6, 6.07) is 4.98. The molecule has 2 rings (SSSR count). The summed E-state index contributed by atoms with van der Waals surface area (Å²) in [6.45, 7) is 0. The third-order valence-corrected chi connectivity index (χ3v) is 2.12. The number of hydrogen-bond acceptors (Lipinski definition) is 4. The molecule has 1 N–H and O–H groups in total. The van der Waals surface area contributed by atoms with Gasteiger partial charge in [-0.25, -0.2) is 0 Å². The molecule has 0 spiro atoms. The topological polar surface area (TPSA) is 72.3 Å². The lowest BCUT2D eigenvalue weighted by molar-refractivity contribution is -0.139. The van der Waals surface area contributed by atoms with Crippen molar-refractivity contribution in [2.45, 2.75) is 6.42 Å². The van der Waals surface area contributed by atoms with E-state index in [1.807, 2.05) is 0 Å². The first kappa shape index (κ1) is 9.51. The number of H-pyrrole nitrogens is 1. The molecule has 0 saturated carbocycles.